The molecular weight excluding hydrogens is 320 g/mol. The highest BCUT2D eigenvalue weighted by atomic mass is 16.4. The van der Waals surface area contributed by atoms with E-state index in [1.54, 1.807) is 31.2 Å². The average molecular weight is 346 g/mol. The highest BCUT2D eigenvalue weighted by Gasteiger charge is 2.33. The van der Waals surface area contributed by atoms with Gasteiger partial charge >= 0.3 is 5.97 Å². The van der Waals surface area contributed by atoms with Crippen LogP contribution in [-0.2, 0) is 9.59 Å². The minimum atomic E-state index is -1.32. The highest BCUT2D eigenvalue weighted by molar-refractivity contribution is 5.99. The lowest BCUT2D eigenvalue weighted by atomic mass is 9.88. The minimum Gasteiger partial charge on any atom is -0.480 e. The maximum atomic E-state index is 12.4. The fraction of sp³-hybridized carbons (Fsp3) is 0.526. The van der Waals surface area contributed by atoms with Crippen LogP contribution in [0.1, 0.15) is 62.7 Å². The van der Waals surface area contributed by atoms with Gasteiger partial charge in [-0.15, -0.1) is 0 Å². The number of carbonyl (C=O) groups excluding carboxylic acids is 2. The molecule has 1 saturated carbocycles. The second-order valence-electron chi connectivity index (χ2n) is 6.85. The van der Waals surface area contributed by atoms with Crippen LogP contribution in [0.25, 0.3) is 0 Å². The summed E-state index contributed by atoms with van der Waals surface area (Å²) in [6, 6.07) is 6.58. The van der Waals surface area contributed by atoms with Crippen molar-refractivity contribution in [2.45, 2.75) is 57.9 Å². The number of hydrogen-bond acceptors (Lipinski definition) is 3. The van der Waals surface area contributed by atoms with E-state index in [0.717, 1.165) is 25.7 Å². The van der Waals surface area contributed by atoms with Gasteiger partial charge in [-0.1, -0.05) is 32.3 Å². The molecule has 1 atom stereocenters. The molecule has 1 aromatic rings. The van der Waals surface area contributed by atoms with Crippen LogP contribution >= 0.6 is 0 Å². The summed E-state index contributed by atoms with van der Waals surface area (Å²) in [5, 5.41) is 14.7. The first-order chi connectivity index (χ1) is 11.9. The van der Waals surface area contributed by atoms with E-state index in [-0.39, 0.29) is 18.2 Å². The van der Waals surface area contributed by atoms with Gasteiger partial charge in [0.25, 0.3) is 5.91 Å². The molecule has 2 rings (SSSR count). The first kappa shape index (κ1) is 19.0. The van der Waals surface area contributed by atoms with Crippen molar-refractivity contribution in [2.24, 2.45) is 5.92 Å². The predicted octanol–water partition coefficient (Wildman–Crippen LogP) is 3.19. The minimum absolute atomic E-state index is 0.0128. The van der Waals surface area contributed by atoms with Crippen LogP contribution in [0.15, 0.2) is 24.3 Å². The molecule has 136 valence electrons. The van der Waals surface area contributed by atoms with Crippen LogP contribution in [0, 0.1) is 5.92 Å². The highest BCUT2D eigenvalue weighted by Crippen LogP contribution is 2.25. The molecule has 0 bridgehead atoms. The average Bonchev–Trinajstić information content (AvgIpc) is 2.62. The van der Waals surface area contributed by atoms with Crippen molar-refractivity contribution in [3.05, 3.63) is 29.8 Å². The topological polar surface area (TPSA) is 95.5 Å². The van der Waals surface area contributed by atoms with Gasteiger partial charge in [-0.05, 0) is 44.4 Å². The van der Waals surface area contributed by atoms with Crippen molar-refractivity contribution in [1.82, 2.24) is 5.32 Å². The summed E-state index contributed by atoms with van der Waals surface area (Å²) in [6.07, 6.45) is 5.40. The van der Waals surface area contributed by atoms with Gasteiger partial charge in [-0.25, -0.2) is 4.79 Å². The third-order valence-corrected chi connectivity index (χ3v) is 4.94. The number of hydrogen-bond donors (Lipinski definition) is 3. The van der Waals surface area contributed by atoms with Crippen molar-refractivity contribution >= 4 is 23.5 Å². The number of aliphatic carboxylic acids is 1. The summed E-state index contributed by atoms with van der Waals surface area (Å²) in [4.78, 5) is 36.0. The van der Waals surface area contributed by atoms with Crippen LogP contribution in [0.3, 0.4) is 0 Å². The summed E-state index contributed by atoms with van der Waals surface area (Å²) < 4.78 is 0. The summed E-state index contributed by atoms with van der Waals surface area (Å²) >= 11 is 0. The second kappa shape index (κ2) is 8.14. The molecule has 6 nitrogen and oxygen atoms in total. The van der Waals surface area contributed by atoms with Crippen molar-refractivity contribution in [2.75, 3.05) is 5.32 Å². The maximum absolute atomic E-state index is 12.4. The van der Waals surface area contributed by atoms with E-state index < -0.39 is 17.4 Å². The lowest BCUT2D eigenvalue weighted by Gasteiger charge is -2.24. The Balaban J connectivity index is 2.06. The maximum Gasteiger partial charge on any atom is 0.329 e. The molecule has 1 unspecified atom stereocenters. The zero-order valence-corrected chi connectivity index (χ0v) is 14.8. The molecule has 25 heavy (non-hydrogen) atoms. The number of carboxylic acid groups (broad SMARTS) is 1. The molecule has 1 fully saturated rings. The molecule has 0 aliphatic heterocycles. The summed E-state index contributed by atoms with van der Waals surface area (Å²) in [7, 11) is 0. The number of anilines is 1. The number of nitrogens with one attached hydrogen (secondary N) is 2. The third-order valence-electron chi connectivity index (χ3n) is 4.94. The largest absolute Gasteiger partial charge is 0.480 e. The van der Waals surface area contributed by atoms with Gasteiger partial charge in [-0.3, -0.25) is 9.59 Å². The molecule has 2 amide bonds. The number of amides is 2. The number of carbonyl (C=O) groups is 3. The van der Waals surface area contributed by atoms with E-state index in [0.29, 0.717) is 11.3 Å². The molecule has 0 aromatic heterocycles. The number of benzene rings is 1. The first-order valence-electron chi connectivity index (χ1n) is 8.82. The van der Waals surface area contributed by atoms with Crippen molar-refractivity contribution in [3.8, 4) is 0 Å². The molecule has 1 aliphatic rings. The van der Waals surface area contributed by atoms with E-state index >= 15 is 0 Å². The van der Waals surface area contributed by atoms with Gasteiger partial charge in [0.1, 0.15) is 5.54 Å². The van der Waals surface area contributed by atoms with Crippen LogP contribution in [0.2, 0.25) is 0 Å². The van der Waals surface area contributed by atoms with E-state index in [1.165, 1.54) is 13.3 Å². The fourth-order valence-electron chi connectivity index (χ4n) is 2.96. The lowest BCUT2D eigenvalue weighted by molar-refractivity contribution is -0.143. The molecule has 0 heterocycles. The molecule has 6 heteroatoms. The summed E-state index contributed by atoms with van der Waals surface area (Å²) in [5.74, 6) is -1.53. The van der Waals surface area contributed by atoms with Gasteiger partial charge in [0.05, 0.1) is 0 Å². The molecule has 3 N–H and O–H groups in total. The Morgan fingerprint density at radius 1 is 1.20 bits per heavy atom. The van der Waals surface area contributed by atoms with E-state index in [2.05, 4.69) is 10.6 Å². The van der Waals surface area contributed by atoms with E-state index in [9.17, 15) is 19.5 Å². The Bertz CT molecular complexity index is 653. The zero-order valence-electron chi connectivity index (χ0n) is 14.8. The van der Waals surface area contributed by atoms with Gasteiger partial charge in [0, 0.05) is 17.2 Å². The fourth-order valence-corrected chi connectivity index (χ4v) is 2.96. The van der Waals surface area contributed by atoms with Crippen LogP contribution in [0.4, 0.5) is 5.69 Å². The van der Waals surface area contributed by atoms with Crippen molar-refractivity contribution in [3.63, 3.8) is 0 Å². The van der Waals surface area contributed by atoms with Crippen molar-refractivity contribution in [1.29, 1.82) is 0 Å². The SMILES string of the molecule is CCC(C)(NC(=O)c1cccc(NC(=O)C2CCCCC2)c1)C(=O)O. The van der Waals surface area contributed by atoms with Gasteiger partial charge < -0.3 is 15.7 Å². The quantitative estimate of drug-likeness (QED) is 0.737. The molecule has 1 aliphatic carbocycles. The predicted molar refractivity (Wildman–Crippen MR) is 95.4 cm³/mol. The molecular formula is C19H26N2O4. The standard InChI is InChI=1S/C19H26N2O4/c1-3-19(2,18(24)25)21-17(23)14-10-7-11-15(12-14)20-16(22)13-8-5-4-6-9-13/h7,10-13H,3-6,8-9H2,1-2H3,(H,20,22)(H,21,23)(H,24,25). The second-order valence-corrected chi connectivity index (χ2v) is 6.85. The van der Waals surface area contributed by atoms with Gasteiger partial charge in [0.2, 0.25) is 5.91 Å². The first-order valence-corrected chi connectivity index (χ1v) is 8.82. The summed E-state index contributed by atoms with van der Waals surface area (Å²) in [5.41, 5.74) is -0.447. The van der Waals surface area contributed by atoms with E-state index in [1.807, 2.05) is 0 Å². The Morgan fingerprint density at radius 2 is 1.88 bits per heavy atom. The molecule has 0 saturated heterocycles. The van der Waals surface area contributed by atoms with Crippen molar-refractivity contribution < 1.29 is 19.5 Å². The monoisotopic (exact) mass is 346 g/mol. The Morgan fingerprint density at radius 3 is 2.48 bits per heavy atom. The van der Waals surface area contributed by atoms with Gasteiger partial charge in [0.15, 0.2) is 0 Å². The lowest BCUT2D eigenvalue weighted by Crippen LogP contribution is -2.51. The number of carboxylic acids is 1. The number of rotatable bonds is 6. The van der Waals surface area contributed by atoms with E-state index in [4.69, 9.17) is 0 Å². The smallest absolute Gasteiger partial charge is 0.329 e. The Hall–Kier alpha value is -2.37. The Labute approximate surface area is 148 Å². The molecule has 1 aromatic carbocycles. The van der Waals surface area contributed by atoms with Crippen LogP contribution in [-0.4, -0.2) is 28.4 Å². The summed E-state index contributed by atoms with van der Waals surface area (Å²) in [6.45, 7) is 3.18. The van der Waals surface area contributed by atoms with Gasteiger partial charge in [-0.2, -0.15) is 0 Å². The molecule has 0 spiro atoms. The third kappa shape index (κ3) is 4.81. The Kier molecular flexibility index (Phi) is 6.17. The van der Waals surface area contributed by atoms with Crippen LogP contribution < -0.4 is 10.6 Å². The normalized spacial score (nSPS) is 17.4. The molecule has 0 radical (unpaired) electrons. The van der Waals surface area contributed by atoms with Crippen LogP contribution in [0.5, 0.6) is 0 Å². The zero-order chi connectivity index (χ0) is 18.4.